The van der Waals surface area contributed by atoms with Crippen LogP contribution in [0.4, 0.5) is 14.5 Å². The lowest BCUT2D eigenvalue weighted by Crippen LogP contribution is -2.24. The zero-order valence-electron chi connectivity index (χ0n) is 9.84. The molecule has 2 rings (SSSR count). The van der Waals surface area contributed by atoms with E-state index in [4.69, 9.17) is 23.2 Å². The van der Waals surface area contributed by atoms with Crippen molar-refractivity contribution in [2.24, 2.45) is 0 Å². The number of halogens is 4. The third kappa shape index (κ3) is 3.37. The first kappa shape index (κ1) is 14.1. The zero-order valence-corrected chi connectivity index (χ0v) is 11.3. The molecule has 0 aliphatic carbocycles. The summed E-state index contributed by atoms with van der Waals surface area (Å²) in [6, 6.07) is 12.5. The molecule has 0 bridgehead atoms. The summed E-state index contributed by atoms with van der Waals surface area (Å²) in [5.41, 5.74) is 0.352. The SMILES string of the molecule is FC(F)(CNc1cccc(Cl)c1Cl)c1ccccc1. The van der Waals surface area contributed by atoms with Gasteiger partial charge in [0.1, 0.15) is 0 Å². The van der Waals surface area contributed by atoms with E-state index in [0.29, 0.717) is 10.7 Å². The van der Waals surface area contributed by atoms with Gasteiger partial charge in [0.2, 0.25) is 0 Å². The molecular weight excluding hydrogens is 291 g/mol. The Morgan fingerprint density at radius 1 is 0.947 bits per heavy atom. The molecule has 0 atom stereocenters. The highest BCUT2D eigenvalue weighted by molar-refractivity contribution is 6.43. The standard InChI is InChI=1S/C14H11Cl2F2N/c15-11-7-4-8-12(13(11)16)19-9-14(17,18)10-5-2-1-3-6-10/h1-8,19H,9H2. The van der Waals surface area contributed by atoms with Gasteiger partial charge in [0.05, 0.1) is 22.3 Å². The molecule has 0 amide bonds. The second-order valence-electron chi connectivity index (χ2n) is 4.03. The third-order valence-corrected chi connectivity index (χ3v) is 3.47. The maximum absolute atomic E-state index is 13.9. The van der Waals surface area contributed by atoms with Gasteiger partial charge >= 0.3 is 0 Å². The van der Waals surface area contributed by atoms with Gasteiger partial charge in [0, 0.05) is 5.56 Å². The minimum atomic E-state index is -2.98. The molecule has 100 valence electrons. The van der Waals surface area contributed by atoms with E-state index in [9.17, 15) is 8.78 Å². The first-order valence-electron chi connectivity index (χ1n) is 5.62. The van der Waals surface area contributed by atoms with E-state index in [2.05, 4.69) is 5.32 Å². The van der Waals surface area contributed by atoms with Crippen LogP contribution < -0.4 is 5.32 Å². The number of hydrogen-bond donors (Lipinski definition) is 1. The van der Waals surface area contributed by atoms with Crippen LogP contribution in [0.1, 0.15) is 5.56 Å². The van der Waals surface area contributed by atoms with Crippen LogP contribution >= 0.6 is 23.2 Å². The molecular formula is C14H11Cl2F2N. The molecule has 0 aliphatic heterocycles. The van der Waals surface area contributed by atoms with Crippen LogP contribution in [-0.4, -0.2) is 6.54 Å². The lowest BCUT2D eigenvalue weighted by molar-refractivity contribution is 0.0106. The van der Waals surface area contributed by atoms with Crippen molar-refractivity contribution in [2.45, 2.75) is 5.92 Å². The molecule has 19 heavy (non-hydrogen) atoms. The zero-order chi connectivity index (χ0) is 13.9. The second-order valence-corrected chi connectivity index (χ2v) is 4.81. The third-order valence-electron chi connectivity index (χ3n) is 2.65. The molecule has 0 aromatic heterocycles. The van der Waals surface area contributed by atoms with E-state index in [-0.39, 0.29) is 10.6 Å². The van der Waals surface area contributed by atoms with Gasteiger partial charge in [0.25, 0.3) is 5.92 Å². The number of hydrogen-bond acceptors (Lipinski definition) is 1. The largest absolute Gasteiger partial charge is 0.377 e. The number of rotatable bonds is 4. The fourth-order valence-corrected chi connectivity index (χ4v) is 2.00. The van der Waals surface area contributed by atoms with Crippen molar-refractivity contribution < 1.29 is 8.78 Å². The van der Waals surface area contributed by atoms with E-state index in [0.717, 1.165) is 0 Å². The molecule has 0 unspecified atom stereocenters. The normalized spacial score (nSPS) is 11.4. The average Bonchev–Trinajstić information content (AvgIpc) is 2.41. The molecule has 2 aromatic rings. The van der Waals surface area contributed by atoms with Crippen molar-refractivity contribution in [3.8, 4) is 0 Å². The molecule has 1 N–H and O–H groups in total. The molecule has 0 saturated carbocycles. The van der Waals surface area contributed by atoms with E-state index in [1.165, 1.54) is 12.1 Å². The maximum Gasteiger partial charge on any atom is 0.290 e. The molecule has 0 saturated heterocycles. The molecule has 0 radical (unpaired) electrons. The lowest BCUT2D eigenvalue weighted by atomic mass is 10.1. The summed E-state index contributed by atoms with van der Waals surface area (Å²) in [6.07, 6.45) is 0. The van der Waals surface area contributed by atoms with Crippen molar-refractivity contribution >= 4 is 28.9 Å². The van der Waals surface area contributed by atoms with Crippen LogP contribution in [0.5, 0.6) is 0 Å². The molecule has 5 heteroatoms. The highest BCUT2D eigenvalue weighted by atomic mass is 35.5. The Morgan fingerprint density at radius 2 is 1.63 bits per heavy atom. The van der Waals surface area contributed by atoms with Crippen molar-refractivity contribution in [1.82, 2.24) is 0 Å². The van der Waals surface area contributed by atoms with E-state index < -0.39 is 12.5 Å². The van der Waals surface area contributed by atoms with Gasteiger partial charge in [-0.2, -0.15) is 8.78 Å². The van der Waals surface area contributed by atoms with Crippen molar-refractivity contribution in [3.05, 3.63) is 64.1 Å². The highest BCUT2D eigenvalue weighted by Crippen LogP contribution is 2.32. The summed E-state index contributed by atoms with van der Waals surface area (Å²) in [5.74, 6) is -2.98. The monoisotopic (exact) mass is 301 g/mol. The number of alkyl halides is 2. The molecule has 0 fully saturated rings. The molecule has 1 nitrogen and oxygen atoms in total. The van der Waals surface area contributed by atoms with Gasteiger partial charge < -0.3 is 5.32 Å². The summed E-state index contributed by atoms with van der Waals surface area (Å²) in [7, 11) is 0. The summed E-state index contributed by atoms with van der Waals surface area (Å²) in [5, 5.41) is 3.20. The molecule has 0 aliphatic rings. The Morgan fingerprint density at radius 3 is 2.32 bits per heavy atom. The number of nitrogens with one attached hydrogen (secondary N) is 1. The summed E-state index contributed by atoms with van der Waals surface area (Å²) < 4.78 is 27.9. The molecule has 2 aromatic carbocycles. The highest BCUT2D eigenvalue weighted by Gasteiger charge is 2.31. The van der Waals surface area contributed by atoms with Crippen LogP contribution in [0, 0.1) is 0 Å². The Labute approximate surface area is 120 Å². The van der Waals surface area contributed by atoms with Crippen LogP contribution in [0.15, 0.2) is 48.5 Å². The Balaban J connectivity index is 2.12. The van der Waals surface area contributed by atoms with Crippen LogP contribution in [0.25, 0.3) is 0 Å². The lowest BCUT2D eigenvalue weighted by Gasteiger charge is -2.18. The first-order chi connectivity index (χ1) is 9.00. The summed E-state index contributed by atoms with van der Waals surface area (Å²) >= 11 is 11.8. The van der Waals surface area contributed by atoms with Gasteiger partial charge in [-0.1, -0.05) is 59.6 Å². The van der Waals surface area contributed by atoms with Gasteiger partial charge in [0.15, 0.2) is 0 Å². The van der Waals surface area contributed by atoms with Crippen molar-refractivity contribution in [3.63, 3.8) is 0 Å². The van der Waals surface area contributed by atoms with Crippen LogP contribution in [-0.2, 0) is 5.92 Å². The Kier molecular flexibility index (Phi) is 4.27. The van der Waals surface area contributed by atoms with Crippen LogP contribution in [0.3, 0.4) is 0 Å². The fraction of sp³-hybridized carbons (Fsp3) is 0.143. The fourth-order valence-electron chi connectivity index (χ4n) is 1.63. The molecule has 0 spiro atoms. The first-order valence-corrected chi connectivity index (χ1v) is 6.37. The minimum absolute atomic E-state index is 0.0411. The Bertz CT molecular complexity index is 559. The summed E-state index contributed by atoms with van der Waals surface area (Å²) in [6.45, 7) is -0.545. The number of benzene rings is 2. The van der Waals surface area contributed by atoms with E-state index >= 15 is 0 Å². The van der Waals surface area contributed by atoms with Gasteiger partial charge in [-0.25, -0.2) is 0 Å². The second kappa shape index (κ2) is 5.76. The van der Waals surface area contributed by atoms with Crippen molar-refractivity contribution in [1.29, 1.82) is 0 Å². The molecule has 0 heterocycles. The minimum Gasteiger partial charge on any atom is -0.377 e. The van der Waals surface area contributed by atoms with Crippen LogP contribution in [0.2, 0.25) is 10.0 Å². The van der Waals surface area contributed by atoms with E-state index in [1.54, 1.807) is 36.4 Å². The Hall–Kier alpha value is -1.32. The van der Waals surface area contributed by atoms with E-state index in [1.807, 2.05) is 0 Å². The predicted molar refractivity (Wildman–Crippen MR) is 75.3 cm³/mol. The van der Waals surface area contributed by atoms with Gasteiger partial charge in [-0.3, -0.25) is 0 Å². The summed E-state index contributed by atoms with van der Waals surface area (Å²) in [4.78, 5) is 0. The average molecular weight is 302 g/mol. The smallest absolute Gasteiger partial charge is 0.290 e. The quantitative estimate of drug-likeness (QED) is 0.818. The topological polar surface area (TPSA) is 12.0 Å². The van der Waals surface area contributed by atoms with Gasteiger partial charge in [-0.15, -0.1) is 0 Å². The number of anilines is 1. The maximum atomic E-state index is 13.9. The van der Waals surface area contributed by atoms with Gasteiger partial charge in [-0.05, 0) is 12.1 Å². The van der Waals surface area contributed by atoms with Crippen molar-refractivity contribution in [2.75, 3.05) is 11.9 Å². The predicted octanol–water partition coefficient (Wildman–Crippen LogP) is 5.20.